The highest BCUT2D eigenvalue weighted by Gasteiger charge is 2.60. The van der Waals surface area contributed by atoms with Crippen LogP contribution in [0.25, 0.3) is 0 Å². The molecule has 3 aliphatic rings. The molecule has 14 N–H and O–H groups in total. The normalized spacial score (nSPS) is 30.2. The van der Waals surface area contributed by atoms with E-state index >= 15 is 0 Å². The molecular formula is C59H108N2O21. The van der Waals surface area contributed by atoms with Crippen LogP contribution in [0.2, 0.25) is 0 Å². The third-order valence-electron chi connectivity index (χ3n) is 16.0. The largest absolute Gasteiger partial charge is 0.477 e. The fraction of sp³-hybridized carbons (Fsp3) is 0.915. The predicted octanol–water partition coefficient (Wildman–Crippen LogP) is 3.17. The number of hydrogen-bond donors (Lipinski definition) is 14. The molecule has 3 aliphatic heterocycles. The van der Waals surface area contributed by atoms with Gasteiger partial charge >= 0.3 is 5.97 Å². The Morgan fingerprint density at radius 2 is 1.13 bits per heavy atom. The topological polar surface area (TPSA) is 373 Å². The Morgan fingerprint density at radius 1 is 0.634 bits per heavy atom. The maximum Gasteiger partial charge on any atom is 0.364 e. The van der Waals surface area contributed by atoms with Gasteiger partial charge in [0.25, 0.3) is 5.79 Å². The van der Waals surface area contributed by atoms with Crippen molar-refractivity contribution in [1.82, 2.24) is 10.6 Å². The molecule has 18 atom stereocenters. The lowest BCUT2D eigenvalue weighted by Gasteiger charge is -2.50. The average Bonchev–Trinajstić information content (AvgIpc) is 3.65. The highest BCUT2D eigenvalue weighted by Crippen LogP contribution is 2.38. The van der Waals surface area contributed by atoms with Crippen LogP contribution in [0.4, 0.5) is 0 Å². The predicted molar refractivity (Wildman–Crippen MR) is 301 cm³/mol. The Bertz CT molecular complexity index is 1740. The van der Waals surface area contributed by atoms with E-state index in [0.29, 0.717) is 12.8 Å². The monoisotopic (exact) mass is 1180 g/mol. The fourth-order valence-corrected chi connectivity index (χ4v) is 10.9. The van der Waals surface area contributed by atoms with Crippen LogP contribution in [0.15, 0.2) is 12.2 Å². The summed E-state index contributed by atoms with van der Waals surface area (Å²) in [5, 5.41) is 135. The second-order valence-electron chi connectivity index (χ2n) is 22.9. The van der Waals surface area contributed by atoms with Crippen molar-refractivity contribution < 1.29 is 104 Å². The SMILES string of the molecule is CCCCCCCCCCCCC/C=C/[C@@H](O)[C@H](CO[C@@H]1O[C@H](CO)[C@@H](O[C@@H]2O[C@H](CO)[C@H](O)[C@H](O[C@]3(C(=O)O)C[C@H](O)[C@@H](NC(C)=O)[C@H]([C@H](O)C(O)CO)O3)[C@H]2O)[C@H](O)[C@H]1O)NC(=O)CCCCCCCCCCCCCCCCC. The van der Waals surface area contributed by atoms with Crippen molar-refractivity contribution in [3.05, 3.63) is 12.2 Å². The van der Waals surface area contributed by atoms with E-state index in [0.717, 1.165) is 51.9 Å². The molecule has 3 rings (SSSR count). The van der Waals surface area contributed by atoms with Crippen LogP contribution in [-0.4, -0.2) is 215 Å². The summed E-state index contributed by atoms with van der Waals surface area (Å²) >= 11 is 0. The summed E-state index contributed by atoms with van der Waals surface area (Å²) in [5.41, 5.74) is 0. The van der Waals surface area contributed by atoms with E-state index in [4.69, 9.17) is 28.4 Å². The minimum absolute atomic E-state index is 0.204. The average molecular weight is 1180 g/mol. The molecule has 3 heterocycles. The van der Waals surface area contributed by atoms with Gasteiger partial charge in [0.1, 0.15) is 67.1 Å². The molecule has 0 aromatic carbocycles. The summed E-state index contributed by atoms with van der Waals surface area (Å²) in [6.07, 6.45) is 5.61. The van der Waals surface area contributed by atoms with Crippen molar-refractivity contribution in [2.45, 2.75) is 317 Å². The first-order valence-electron chi connectivity index (χ1n) is 31.1. The number of ether oxygens (including phenoxy) is 6. The van der Waals surface area contributed by atoms with E-state index in [1.165, 1.54) is 116 Å². The maximum atomic E-state index is 13.4. The van der Waals surface area contributed by atoms with E-state index < -0.39 is 155 Å². The number of carbonyl (C=O) groups is 3. The molecule has 480 valence electrons. The van der Waals surface area contributed by atoms with Crippen molar-refractivity contribution in [2.24, 2.45) is 0 Å². The molecule has 82 heavy (non-hydrogen) atoms. The van der Waals surface area contributed by atoms with Crippen LogP contribution >= 0.6 is 0 Å². The van der Waals surface area contributed by atoms with Gasteiger partial charge in [-0.3, -0.25) is 9.59 Å². The Kier molecular flexibility index (Phi) is 37.4. The van der Waals surface area contributed by atoms with Gasteiger partial charge in [-0.15, -0.1) is 0 Å². The van der Waals surface area contributed by atoms with Crippen LogP contribution in [0.1, 0.15) is 207 Å². The van der Waals surface area contributed by atoms with Crippen LogP contribution < -0.4 is 10.6 Å². The molecule has 3 fully saturated rings. The van der Waals surface area contributed by atoms with Crippen molar-refractivity contribution in [3.8, 4) is 0 Å². The molecule has 0 aliphatic carbocycles. The van der Waals surface area contributed by atoms with Crippen LogP contribution in [0.3, 0.4) is 0 Å². The van der Waals surface area contributed by atoms with Gasteiger partial charge in [-0.25, -0.2) is 4.79 Å². The second-order valence-corrected chi connectivity index (χ2v) is 22.9. The van der Waals surface area contributed by atoms with Gasteiger partial charge in [-0.1, -0.05) is 180 Å². The number of rotatable bonds is 45. The molecule has 3 saturated heterocycles. The maximum absolute atomic E-state index is 13.4. The van der Waals surface area contributed by atoms with E-state index in [1.54, 1.807) is 6.08 Å². The molecule has 0 bridgehead atoms. The first kappa shape index (κ1) is 73.7. The number of allylic oxidation sites excluding steroid dienone is 1. The summed E-state index contributed by atoms with van der Waals surface area (Å²) in [6.45, 7) is 2.10. The van der Waals surface area contributed by atoms with Gasteiger partial charge in [-0.2, -0.15) is 0 Å². The third kappa shape index (κ3) is 25.4. The molecule has 0 saturated carbocycles. The number of carboxylic acids is 1. The number of aliphatic hydroxyl groups excluding tert-OH is 11. The fourth-order valence-electron chi connectivity index (χ4n) is 10.9. The zero-order valence-electron chi connectivity index (χ0n) is 49.3. The molecule has 23 nitrogen and oxygen atoms in total. The molecule has 0 aromatic rings. The lowest BCUT2D eigenvalue weighted by atomic mass is 9.88. The Hall–Kier alpha value is -2.53. The van der Waals surface area contributed by atoms with E-state index in [-0.39, 0.29) is 12.3 Å². The molecule has 1 unspecified atom stereocenters. The quantitative estimate of drug-likeness (QED) is 0.0307. The number of amides is 2. The van der Waals surface area contributed by atoms with Gasteiger partial charge < -0.3 is 100 Å². The van der Waals surface area contributed by atoms with Gasteiger partial charge in [0.05, 0.1) is 50.7 Å². The highest BCUT2D eigenvalue weighted by molar-refractivity contribution is 5.77. The number of carboxylic acid groups (broad SMARTS) is 1. The molecule has 0 spiro atoms. The zero-order chi connectivity index (χ0) is 60.5. The molecule has 0 radical (unpaired) electrons. The number of carbonyl (C=O) groups excluding carboxylic acids is 2. The number of hydrogen-bond acceptors (Lipinski definition) is 20. The van der Waals surface area contributed by atoms with Gasteiger partial charge in [0.2, 0.25) is 11.8 Å². The number of aliphatic carboxylic acids is 1. The van der Waals surface area contributed by atoms with Gasteiger partial charge in [0.15, 0.2) is 12.6 Å². The second kappa shape index (κ2) is 41.5. The number of aliphatic hydroxyl groups is 11. The summed E-state index contributed by atoms with van der Waals surface area (Å²) in [7, 11) is 0. The van der Waals surface area contributed by atoms with Crippen LogP contribution in [0.5, 0.6) is 0 Å². The highest BCUT2D eigenvalue weighted by atomic mass is 16.8. The van der Waals surface area contributed by atoms with Crippen molar-refractivity contribution >= 4 is 17.8 Å². The van der Waals surface area contributed by atoms with E-state index in [2.05, 4.69) is 24.5 Å². The smallest absolute Gasteiger partial charge is 0.364 e. The Morgan fingerprint density at radius 3 is 1.62 bits per heavy atom. The first-order valence-corrected chi connectivity index (χ1v) is 31.1. The lowest BCUT2D eigenvalue weighted by Crippen LogP contribution is -2.70. The van der Waals surface area contributed by atoms with Crippen molar-refractivity contribution in [1.29, 1.82) is 0 Å². The molecule has 23 heteroatoms. The van der Waals surface area contributed by atoms with Gasteiger partial charge in [0, 0.05) is 19.8 Å². The van der Waals surface area contributed by atoms with Crippen molar-refractivity contribution in [2.75, 3.05) is 26.4 Å². The van der Waals surface area contributed by atoms with Crippen LogP contribution in [0, 0.1) is 0 Å². The Balaban J connectivity index is 1.67. The standard InChI is InChI=1S/C59H108N2O21/c1-4-6-8-10-12-14-16-18-19-21-23-25-27-29-31-33-46(69)61-40(41(66)32-30-28-26-24-22-20-17-15-13-11-9-7-5-2)38-77-56-51(73)50(72)53(45(37-64)79-56)80-57-52(74)55(49(71)44(36-63)78-57)82-59(58(75)76)34-42(67)47(60-39(3)65)54(81-59)48(70)43(68)35-62/h30,32,40-45,47-57,62-64,66-68,70-74H,4-29,31,33-38H2,1-3H3,(H,60,65)(H,61,69)(H,75,76)/b32-30+/t40-,41+,42-,43?,44+,45+,47+,48+,49-,50+,51+,52+,53+,54+,55-,56+,57-,59-/m0/s1. The molecule has 0 aromatic heterocycles. The minimum atomic E-state index is -3.08. The summed E-state index contributed by atoms with van der Waals surface area (Å²) in [6, 6.07) is -2.61. The number of unbranched alkanes of at least 4 members (excludes halogenated alkanes) is 25. The van der Waals surface area contributed by atoms with E-state index in [9.17, 15) is 75.7 Å². The van der Waals surface area contributed by atoms with Crippen molar-refractivity contribution in [3.63, 3.8) is 0 Å². The number of nitrogens with one attached hydrogen (secondary N) is 2. The summed E-state index contributed by atoms with van der Waals surface area (Å²) in [5.74, 6) is -6.14. The van der Waals surface area contributed by atoms with E-state index in [1.807, 2.05) is 6.08 Å². The molecular weight excluding hydrogens is 1070 g/mol. The summed E-state index contributed by atoms with van der Waals surface area (Å²) in [4.78, 5) is 38.4. The molecule has 2 amide bonds. The Labute approximate surface area is 486 Å². The van der Waals surface area contributed by atoms with Gasteiger partial charge in [-0.05, 0) is 19.3 Å². The lowest BCUT2D eigenvalue weighted by molar-refractivity contribution is -0.386. The third-order valence-corrected chi connectivity index (χ3v) is 16.0. The summed E-state index contributed by atoms with van der Waals surface area (Å²) < 4.78 is 34.7. The zero-order valence-corrected chi connectivity index (χ0v) is 49.3. The minimum Gasteiger partial charge on any atom is -0.477 e. The first-order chi connectivity index (χ1) is 39.4. The van der Waals surface area contributed by atoms with Crippen LogP contribution in [-0.2, 0) is 42.8 Å².